The van der Waals surface area contributed by atoms with Gasteiger partial charge in [-0.1, -0.05) is 12.2 Å². The fraction of sp³-hybridized carbons (Fsp3) is 0.500. The lowest BCUT2D eigenvalue weighted by Gasteiger charge is -2.15. The maximum Gasteiger partial charge on any atom is 0.412 e. The third kappa shape index (κ3) is 2.30. The van der Waals surface area contributed by atoms with Gasteiger partial charge in [0, 0.05) is 5.57 Å². The summed E-state index contributed by atoms with van der Waals surface area (Å²) >= 11 is 1.51. The summed E-state index contributed by atoms with van der Waals surface area (Å²) in [6, 6.07) is 0. The highest BCUT2D eigenvalue weighted by atomic mass is 32.2. The highest BCUT2D eigenvalue weighted by molar-refractivity contribution is 8.02. The van der Waals surface area contributed by atoms with Crippen LogP contribution in [0.5, 0.6) is 0 Å². The molecule has 0 atom stereocenters. The zero-order valence-corrected chi connectivity index (χ0v) is 7.43. The molecule has 0 amide bonds. The van der Waals surface area contributed by atoms with Crippen LogP contribution in [0.25, 0.3) is 0 Å². The Balaban J connectivity index is 2.73. The van der Waals surface area contributed by atoms with Crippen molar-refractivity contribution in [3.63, 3.8) is 0 Å². The van der Waals surface area contributed by atoms with Crippen molar-refractivity contribution in [1.82, 2.24) is 0 Å². The molecule has 0 heterocycles. The summed E-state index contributed by atoms with van der Waals surface area (Å²) in [5, 5.41) is 0. The molecule has 0 spiro atoms. The van der Waals surface area contributed by atoms with Crippen molar-refractivity contribution in [2.45, 2.75) is 19.0 Å². The Morgan fingerprint density at radius 3 is 2.25 bits per heavy atom. The van der Waals surface area contributed by atoms with Crippen LogP contribution in [-0.2, 0) is 0 Å². The summed E-state index contributed by atoms with van der Waals surface area (Å²) in [6.45, 7) is 0. The minimum Gasteiger partial charge on any atom is -0.166 e. The van der Waals surface area contributed by atoms with Crippen molar-refractivity contribution >= 4 is 11.8 Å². The molecular formula is C8H9F3S. The van der Waals surface area contributed by atoms with Gasteiger partial charge in [0.05, 0.1) is 0 Å². The molecule has 12 heavy (non-hydrogen) atoms. The number of allylic oxidation sites excluding steroid dienone is 4. The lowest BCUT2D eigenvalue weighted by atomic mass is 10.1. The number of alkyl halides is 3. The number of halogens is 3. The lowest BCUT2D eigenvalue weighted by Crippen LogP contribution is -2.13. The topological polar surface area (TPSA) is 0 Å². The van der Waals surface area contributed by atoms with E-state index in [0.29, 0.717) is 6.42 Å². The standard InChI is InChI=1S/C8H9F3S/c1-12-7-4-2-6(3-5-7)8(9,10)11/h2,4H,3,5H2,1H3. The predicted molar refractivity (Wildman–Crippen MR) is 45.0 cm³/mol. The molecule has 4 heteroatoms. The largest absolute Gasteiger partial charge is 0.412 e. The number of hydrogen-bond acceptors (Lipinski definition) is 1. The van der Waals surface area contributed by atoms with Gasteiger partial charge in [-0.15, -0.1) is 11.8 Å². The summed E-state index contributed by atoms with van der Waals surface area (Å²) < 4.78 is 36.2. The van der Waals surface area contributed by atoms with E-state index in [-0.39, 0.29) is 6.42 Å². The Morgan fingerprint density at radius 2 is 1.92 bits per heavy atom. The zero-order valence-electron chi connectivity index (χ0n) is 6.61. The van der Waals surface area contributed by atoms with E-state index in [1.807, 2.05) is 6.26 Å². The molecule has 1 rings (SSSR count). The van der Waals surface area contributed by atoms with Crippen molar-refractivity contribution in [3.8, 4) is 0 Å². The minimum absolute atomic E-state index is 0.121. The number of hydrogen-bond donors (Lipinski definition) is 0. The number of rotatable bonds is 1. The van der Waals surface area contributed by atoms with Crippen LogP contribution in [0.4, 0.5) is 13.2 Å². The van der Waals surface area contributed by atoms with E-state index in [1.165, 1.54) is 17.8 Å². The molecule has 0 aliphatic heterocycles. The first kappa shape index (κ1) is 9.71. The first-order valence-corrected chi connectivity index (χ1v) is 4.77. The van der Waals surface area contributed by atoms with Gasteiger partial charge in [-0.2, -0.15) is 13.2 Å². The molecular weight excluding hydrogens is 185 g/mol. The van der Waals surface area contributed by atoms with Crippen LogP contribution < -0.4 is 0 Å². The van der Waals surface area contributed by atoms with E-state index in [2.05, 4.69) is 0 Å². The quantitative estimate of drug-likeness (QED) is 0.615. The average molecular weight is 194 g/mol. The third-order valence-corrected chi connectivity index (χ3v) is 2.60. The summed E-state index contributed by atoms with van der Waals surface area (Å²) in [6.07, 6.45) is 1.10. The summed E-state index contributed by atoms with van der Waals surface area (Å²) in [7, 11) is 0. The van der Waals surface area contributed by atoms with Gasteiger partial charge in [0.25, 0.3) is 0 Å². The molecule has 0 aromatic rings. The Morgan fingerprint density at radius 1 is 1.25 bits per heavy atom. The van der Waals surface area contributed by atoms with Crippen LogP contribution in [0.3, 0.4) is 0 Å². The SMILES string of the molecule is CSC1=CC=C(C(F)(F)F)CC1. The van der Waals surface area contributed by atoms with Crippen molar-refractivity contribution < 1.29 is 13.2 Å². The van der Waals surface area contributed by atoms with Crippen LogP contribution >= 0.6 is 11.8 Å². The highest BCUT2D eigenvalue weighted by Crippen LogP contribution is 2.34. The minimum atomic E-state index is -4.14. The predicted octanol–water partition coefficient (Wildman–Crippen LogP) is 3.52. The fourth-order valence-electron chi connectivity index (χ4n) is 1.02. The van der Waals surface area contributed by atoms with Crippen LogP contribution in [0.2, 0.25) is 0 Å². The van der Waals surface area contributed by atoms with Crippen LogP contribution in [0.15, 0.2) is 22.6 Å². The molecule has 68 valence electrons. The number of thioether (sulfide) groups is 1. The van der Waals surface area contributed by atoms with Crippen molar-refractivity contribution in [1.29, 1.82) is 0 Å². The maximum absolute atomic E-state index is 12.1. The molecule has 0 radical (unpaired) electrons. The van der Waals surface area contributed by atoms with Crippen molar-refractivity contribution in [2.24, 2.45) is 0 Å². The van der Waals surface area contributed by atoms with Crippen LogP contribution in [-0.4, -0.2) is 12.4 Å². The van der Waals surface area contributed by atoms with Crippen molar-refractivity contribution in [3.05, 3.63) is 22.6 Å². The summed E-state index contributed by atoms with van der Waals surface area (Å²) in [4.78, 5) is 1.02. The second kappa shape index (κ2) is 3.56. The first-order chi connectivity index (χ1) is 5.54. The second-order valence-electron chi connectivity index (χ2n) is 2.53. The van der Waals surface area contributed by atoms with Gasteiger partial charge in [-0.25, -0.2) is 0 Å². The molecule has 0 aromatic heterocycles. The maximum atomic E-state index is 12.1. The lowest BCUT2D eigenvalue weighted by molar-refractivity contribution is -0.0940. The second-order valence-corrected chi connectivity index (χ2v) is 3.46. The van der Waals surface area contributed by atoms with Gasteiger partial charge in [-0.3, -0.25) is 0 Å². The van der Waals surface area contributed by atoms with E-state index in [1.54, 1.807) is 6.08 Å². The van der Waals surface area contributed by atoms with Gasteiger partial charge in [-0.05, 0) is 24.0 Å². The highest BCUT2D eigenvalue weighted by Gasteiger charge is 2.33. The summed E-state index contributed by atoms with van der Waals surface area (Å²) in [5.74, 6) is 0. The van der Waals surface area contributed by atoms with Crippen LogP contribution in [0, 0.1) is 0 Å². The monoisotopic (exact) mass is 194 g/mol. The zero-order chi connectivity index (χ0) is 9.19. The Hall–Kier alpha value is -0.380. The molecule has 0 unspecified atom stereocenters. The van der Waals surface area contributed by atoms with Gasteiger partial charge in [0.15, 0.2) is 0 Å². The smallest absolute Gasteiger partial charge is 0.166 e. The molecule has 0 fully saturated rings. The average Bonchev–Trinajstić information content (AvgIpc) is 2.03. The van der Waals surface area contributed by atoms with Gasteiger partial charge in [0.1, 0.15) is 0 Å². The molecule has 0 aromatic carbocycles. The van der Waals surface area contributed by atoms with Gasteiger partial charge in [0.2, 0.25) is 0 Å². The van der Waals surface area contributed by atoms with E-state index in [9.17, 15) is 13.2 Å². The van der Waals surface area contributed by atoms with E-state index in [0.717, 1.165) is 4.91 Å². The molecule has 0 nitrogen and oxygen atoms in total. The first-order valence-electron chi connectivity index (χ1n) is 3.55. The Bertz CT molecular complexity index is 225. The Labute approximate surface area is 73.5 Å². The van der Waals surface area contributed by atoms with Gasteiger partial charge >= 0.3 is 6.18 Å². The molecule has 0 saturated heterocycles. The molecule has 0 saturated carbocycles. The third-order valence-electron chi connectivity index (χ3n) is 1.74. The summed E-state index contributed by atoms with van der Waals surface area (Å²) in [5.41, 5.74) is -0.416. The molecule has 1 aliphatic rings. The van der Waals surface area contributed by atoms with Crippen LogP contribution in [0.1, 0.15) is 12.8 Å². The Kier molecular flexibility index (Phi) is 2.88. The normalized spacial score (nSPS) is 18.7. The van der Waals surface area contributed by atoms with E-state index in [4.69, 9.17) is 0 Å². The molecule has 0 bridgehead atoms. The molecule has 1 aliphatic carbocycles. The van der Waals surface area contributed by atoms with Gasteiger partial charge < -0.3 is 0 Å². The van der Waals surface area contributed by atoms with E-state index < -0.39 is 11.7 Å². The van der Waals surface area contributed by atoms with E-state index >= 15 is 0 Å². The molecule has 0 N–H and O–H groups in total. The fourth-order valence-corrected chi connectivity index (χ4v) is 1.53. The van der Waals surface area contributed by atoms with Crippen molar-refractivity contribution in [2.75, 3.05) is 6.26 Å².